The van der Waals surface area contributed by atoms with Gasteiger partial charge in [-0.3, -0.25) is 0 Å². The molecule has 0 aromatic carbocycles. The summed E-state index contributed by atoms with van der Waals surface area (Å²) >= 11 is 0. The fourth-order valence-electron chi connectivity index (χ4n) is 0.584. The first kappa shape index (κ1) is 5.06. The summed E-state index contributed by atoms with van der Waals surface area (Å²) in [7, 11) is 0. The van der Waals surface area contributed by atoms with E-state index in [0.717, 1.165) is 0 Å². The molecule has 42 valence electrons. The summed E-state index contributed by atoms with van der Waals surface area (Å²) in [5, 5.41) is 17.4. The van der Waals surface area contributed by atoms with Crippen LogP contribution in [-0.2, 0) is 0 Å². The van der Waals surface area contributed by atoms with Crippen molar-refractivity contribution in [3.05, 3.63) is 0 Å². The zero-order valence-electron chi connectivity index (χ0n) is 4.55. The van der Waals surface area contributed by atoms with E-state index in [1.807, 2.05) is 13.8 Å². The van der Waals surface area contributed by atoms with Crippen LogP contribution in [0.3, 0.4) is 0 Å². The van der Waals surface area contributed by atoms with Crippen LogP contribution in [0.25, 0.3) is 0 Å². The highest BCUT2D eigenvalue weighted by Gasteiger charge is 2.56. The van der Waals surface area contributed by atoms with Gasteiger partial charge in [-0.25, -0.2) is 0 Å². The second kappa shape index (κ2) is 1.01. The summed E-state index contributed by atoms with van der Waals surface area (Å²) in [5.41, 5.74) is -0.222. The molecule has 2 atom stereocenters. The summed E-state index contributed by atoms with van der Waals surface area (Å²) in [6.07, 6.45) is -0.958. The lowest BCUT2D eigenvalue weighted by atomic mass is 10.2. The van der Waals surface area contributed by atoms with Crippen molar-refractivity contribution in [1.29, 1.82) is 0 Å². The molecule has 0 spiro atoms. The molecule has 0 bridgehead atoms. The summed E-state index contributed by atoms with van der Waals surface area (Å²) in [6.45, 7) is 3.67. The van der Waals surface area contributed by atoms with Gasteiger partial charge in [0.05, 0.1) is 12.2 Å². The quantitative estimate of drug-likeness (QED) is 0.442. The Morgan fingerprint density at radius 1 is 1.14 bits per heavy atom. The monoisotopic (exact) mass is 102 g/mol. The first-order chi connectivity index (χ1) is 3.07. The van der Waals surface area contributed by atoms with Gasteiger partial charge in [-0.1, -0.05) is 13.8 Å². The van der Waals surface area contributed by atoms with Crippen LogP contribution >= 0.6 is 0 Å². The Hall–Kier alpha value is -0.0800. The highest BCUT2D eigenvalue weighted by Crippen LogP contribution is 2.44. The number of aliphatic hydroxyl groups excluding tert-OH is 2. The van der Waals surface area contributed by atoms with E-state index in [0.29, 0.717) is 0 Å². The highest BCUT2D eigenvalue weighted by atomic mass is 16.4. The zero-order valence-corrected chi connectivity index (χ0v) is 4.55. The number of hydrogen-bond acceptors (Lipinski definition) is 2. The van der Waals surface area contributed by atoms with Crippen LogP contribution in [0.5, 0.6) is 0 Å². The second-order valence-electron chi connectivity index (χ2n) is 2.71. The molecule has 0 radical (unpaired) electrons. The predicted molar refractivity (Wildman–Crippen MR) is 25.8 cm³/mol. The zero-order chi connectivity index (χ0) is 5.65. The Labute approximate surface area is 42.8 Å². The van der Waals surface area contributed by atoms with Crippen molar-refractivity contribution in [2.24, 2.45) is 5.41 Å². The molecule has 0 aromatic heterocycles. The van der Waals surface area contributed by atoms with Crippen molar-refractivity contribution in [2.75, 3.05) is 0 Å². The first-order valence-corrected chi connectivity index (χ1v) is 2.43. The van der Waals surface area contributed by atoms with Gasteiger partial charge in [0.25, 0.3) is 0 Å². The van der Waals surface area contributed by atoms with Gasteiger partial charge in [-0.2, -0.15) is 0 Å². The third-order valence-corrected chi connectivity index (χ3v) is 1.71. The van der Waals surface area contributed by atoms with Gasteiger partial charge in [0, 0.05) is 5.41 Å². The van der Waals surface area contributed by atoms with Crippen molar-refractivity contribution >= 4 is 0 Å². The maximum atomic E-state index is 8.71. The minimum absolute atomic E-state index is 0.222. The second-order valence-corrected chi connectivity index (χ2v) is 2.71. The fraction of sp³-hybridized carbons (Fsp3) is 1.00. The van der Waals surface area contributed by atoms with E-state index in [1.165, 1.54) is 0 Å². The molecule has 0 unspecified atom stereocenters. The molecule has 0 heterocycles. The van der Waals surface area contributed by atoms with Crippen molar-refractivity contribution in [3.8, 4) is 0 Å². The Morgan fingerprint density at radius 3 is 1.29 bits per heavy atom. The molecule has 0 aromatic rings. The third-order valence-electron chi connectivity index (χ3n) is 1.71. The predicted octanol–water partition coefficient (Wildman–Crippen LogP) is -0.252. The van der Waals surface area contributed by atoms with Crippen LogP contribution in [0.15, 0.2) is 0 Å². The Balaban J connectivity index is 2.52. The van der Waals surface area contributed by atoms with Gasteiger partial charge < -0.3 is 10.2 Å². The van der Waals surface area contributed by atoms with Gasteiger partial charge >= 0.3 is 0 Å². The molecule has 0 saturated heterocycles. The first-order valence-electron chi connectivity index (χ1n) is 2.43. The summed E-state index contributed by atoms with van der Waals surface area (Å²) in [6, 6.07) is 0. The summed E-state index contributed by atoms with van der Waals surface area (Å²) < 4.78 is 0. The number of rotatable bonds is 0. The molecule has 2 nitrogen and oxygen atoms in total. The molecule has 1 aliphatic carbocycles. The van der Waals surface area contributed by atoms with E-state index < -0.39 is 12.2 Å². The van der Waals surface area contributed by atoms with E-state index in [9.17, 15) is 0 Å². The Bertz CT molecular complexity index is 78.1. The van der Waals surface area contributed by atoms with E-state index in [4.69, 9.17) is 10.2 Å². The van der Waals surface area contributed by atoms with Crippen LogP contribution in [0.2, 0.25) is 0 Å². The van der Waals surface area contributed by atoms with Crippen LogP contribution < -0.4 is 0 Å². The standard InChI is InChI=1S/C5H10O2/c1-5(2)3(6)4(5)7/h3-4,6-7H,1-2H3/t3-,4+. The van der Waals surface area contributed by atoms with Gasteiger partial charge in [0.15, 0.2) is 0 Å². The largest absolute Gasteiger partial charge is 0.390 e. The van der Waals surface area contributed by atoms with Crippen molar-refractivity contribution in [3.63, 3.8) is 0 Å². The molecule has 0 aliphatic heterocycles. The Kier molecular flexibility index (Phi) is 0.730. The van der Waals surface area contributed by atoms with Crippen molar-refractivity contribution < 1.29 is 10.2 Å². The van der Waals surface area contributed by atoms with Crippen LogP contribution in [-0.4, -0.2) is 22.4 Å². The average molecular weight is 102 g/mol. The molecule has 1 aliphatic rings. The maximum absolute atomic E-state index is 8.71. The SMILES string of the molecule is CC1(C)[C@H](O)[C@@H]1O. The van der Waals surface area contributed by atoms with Gasteiger partial charge in [0.2, 0.25) is 0 Å². The molecule has 1 saturated carbocycles. The van der Waals surface area contributed by atoms with E-state index in [1.54, 1.807) is 0 Å². The summed E-state index contributed by atoms with van der Waals surface area (Å²) in [4.78, 5) is 0. The number of aliphatic hydroxyl groups is 2. The summed E-state index contributed by atoms with van der Waals surface area (Å²) in [5.74, 6) is 0. The normalized spacial score (nSPS) is 46.3. The molecule has 2 heteroatoms. The molecule has 2 N–H and O–H groups in total. The Morgan fingerprint density at radius 2 is 1.29 bits per heavy atom. The smallest absolute Gasteiger partial charge is 0.0881 e. The van der Waals surface area contributed by atoms with E-state index >= 15 is 0 Å². The van der Waals surface area contributed by atoms with Crippen LogP contribution in [0.1, 0.15) is 13.8 Å². The topological polar surface area (TPSA) is 40.5 Å². The average Bonchev–Trinajstić information content (AvgIpc) is 1.91. The fourth-order valence-corrected chi connectivity index (χ4v) is 0.584. The van der Waals surface area contributed by atoms with Crippen molar-refractivity contribution in [1.82, 2.24) is 0 Å². The highest BCUT2D eigenvalue weighted by molar-refractivity contribution is 5.06. The van der Waals surface area contributed by atoms with Gasteiger partial charge in [-0.05, 0) is 0 Å². The minimum Gasteiger partial charge on any atom is -0.390 e. The van der Waals surface area contributed by atoms with Crippen LogP contribution in [0, 0.1) is 5.41 Å². The van der Waals surface area contributed by atoms with E-state index in [2.05, 4.69) is 0 Å². The third kappa shape index (κ3) is 0.469. The maximum Gasteiger partial charge on any atom is 0.0881 e. The molecule has 1 rings (SSSR count). The lowest BCUT2D eigenvalue weighted by molar-refractivity contribution is 0.180. The molecular formula is C5H10O2. The molecule has 7 heavy (non-hydrogen) atoms. The van der Waals surface area contributed by atoms with Crippen molar-refractivity contribution in [2.45, 2.75) is 26.1 Å². The minimum atomic E-state index is -0.479. The molecular weight excluding hydrogens is 92.1 g/mol. The van der Waals surface area contributed by atoms with E-state index in [-0.39, 0.29) is 5.41 Å². The lowest BCUT2D eigenvalue weighted by Gasteiger charge is -1.91. The van der Waals surface area contributed by atoms with Gasteiger partial charge in [-0.15, -0.1) is 0 Å². The molecule has 1 fully saturated rings. The lowest BCUT2D eigenvalue weighted by Crippen LogP contribution is -1.92. The van der Waals surface area contributed by atoms with Crippen LogP contribution in [0.4, 0.5) is 0 Å². The molecule has 0 amide bonds. The number of hydrogen-bond donors (Lipinski definition) is 2. The van der Waals surface area contributed by atoms with Gasteiger partial charge in [0.1, 0.15) is 0 Å².